The van der Waals surface area contributed by atoms with Crippen molar-refractivity contribution in [2.45, 2.75) is 95.2 Å². The molecule has 2 aliphatic carbocycles. The van der Waals surface area contributed by atoms with Gasteiger partial charge in [-0.05, 0) is 49.7 Å². The van der Waals surface area contributed by atoms with Crippen molar-refractivity contribution in [1.29, 1.82) is 0 Å². The average molecular weight is 763 g/mol. The summed E-state index contributed by atoms with van der Waals surface area (Å²) in [5, 5.41) is 8.50. The zero-order valence-corrected chi connectivity index (χ0v) is 32.2. The fraction of sp³-hybridized carbons (Fsp3) is 0.513. The molecule has 3 aromatic rings. The van der Waals surface area contributed by atoms with Crippen molar-refractivity contribution in [1.82, 2.24) is 30.6 Å². The number of carbonyl (C=O) groups is 4. The number of nitrogens with zero attached hydrogens (tertiary/aromatic N) is 2. The van der Waals surface area contributed by atoms with E-state index in [1.165, 1.54) is 4.90 Å². The van der Waals surface area contributed by atoms with E-state index in [9.17, 15) is 27.6 Å². The van der Waals surface area contributed by atoms with Gasteiger partial charge in [-0.15, -0.1) is 0 Å². The number of hydrogen-bond donors (Lipinski definition) is 4. The molecule has 3 aliphatic rings. The standard InChI is InChI=1S/C39H50N6O8S/c1-6-17-40-38(49)42-34(23(3)4)36(47)45-22-27(19-32(45)35(46)43-39(21-25(39)7-2)37(48)44-54(50,51)28-14-15-28)53-33-20-30(24-11-9-8-10-12-24)41-31-18-26(52-5)13-16-29(31)33/h8-13,16,18,20,23,25,27-28,32,34H,6-7,14-15,17,19,21-22H2,1-5H3,(H,43,46)(H,44,48)(H2,40,42,49). The Labute approximate surface area is 316 Å². The summed E-state index contributed by atoms with van der Waals surface area (Å²) < 4.78 is 39.9. The van der Waals surface area contributed by atoms with E-state index in [0.29, 0.717) is 60.3 Å². The first-order chi connectivity index (χ1) is 25.8. The van der Waals surface area contributed by atoms with Crippen LogP contribution in [0.2, 0.25) is 0 Å². The van der Waals surface area contributed by atoms with E-state index in [0.717, 1.165) is 5.56 Å². The molecule has 5 amide bonds. The smallest absolute Gasteiger partial charge is 0.315 e. The number of fused-ring (bicyclic) bond motifs is 1. The molecule has 2 heterocycles. The van der Waals surface area contributed by atoms with Crippen LogP contribution in [0.15, 0.2) is 54.6 Å². The second-order valence-electron chi connectivity index (χ2n) is 14.8. The van der Waals surface area contributed by atoms with Gasteiger partial charge in [0.2, 0.25) is 21.8 Å². The van der Waals surface area contributed by atoms with E-state index in [4.69, 9.17) is 14.5 Å². The molecule has 2 aromatic carbocycles. The Balaban J connectivity index is 1.32. The number of rotatable bonds is 15. The molecule has 54 heavy (non-hydrogen) atoms. The molecule has 1 aromatic heterocycles. The molecular weight excluding hydrogens is 713 g/mol. The molecule has 15 heteroatoms. The first kappa shape index (κ1) is 38.8. The van der Waals surface area contributed by atoms with Gasteiger partial charge in [-0.1, -0.05) is 64.4 Å². The number of pyridine rings is 1. The molecule has 1 saturated heterocycles. The molecule has 14 nitrogen and oxygen atoms in total. The summed E-state index contributed by atoms with van der Waals surface area (Å²) in [4.78, 5) is 61.4. The fourth-order valence-electron chi connectivity index (χ4n) is 7.13. The van der Waals surface area contributed by atoms with Gasteiger partial charge in [-0.3, -0.25) is 19.1 Å². The van der Waals surface area contributed by atoms with Gasteiger partial charge < -0.3 is 30.3 Å². The highest BCUT2D eigenvalue weighted by molar-refractivity contribution is 7.91. The Morgan fingerprint density at radius 2 is 1.78 bits per heavy atom. The van der Waals surface area contributed by atoms with Crippen LogP contribution in [-0.2, 0) is 24.4 Å². The molecule has 3 fully saturated rings. The summed E-state index contributed by atoms with van der Waals surface area (Å²) in [6.07, 6.45) is 1.86. The van der Waals surface area contributed by atoms with E-state index in [2.05, 4.69) is 20.7 Å². The molecule has 1 aliphatic heterocycles. The van der Waals surface area contributed by atoms with Crippen LogP contribution in [0.1, 0.15) is 66.2 Å². The number of nitrogens with one attached hydrogen (secondary N) is 4. The Hall–Kier alpha value is -4.92. The maximum absolute atomic E-state index is 14.4. The lowest BCUT2D eigenvalue weighted by atomic mass is 10.0. The van der Waals surface area contributed by atoms with E-state index in [1.807, 2.05) is 62.4 Å². The predicted molar refractivity (Wildman–Crippen MR) is 203 cm³/mol. The maximum Gasteiger partial charge on any atom is 0.315 e. The lowest BCUT2D eigenvalue weighted by Crippen LogP contribution is -2.59. The highest BCUT2D eigenvalue weighted by Gasteiger charge is 2.62. The number of amides is 5. The SMILES string of the molecule is CCCNC(=O)NC(C(=O)N1CC(Oc2cc(-c3ccccc3)nc3cc(OC)ccc23)CC1C(=O)NC1(C(=O)NS(=O)(=O)C2CC2)CC1CC)C(C)C. The van der Waals surface area contributed by atoms with Gasteiger partial charge in [0.05, 0.1) is 30.1 Å². The number of carbonyl (C=O) groups excluding carboxylic acids is 4. The highest BCUT2D eigenvalue weighted by Crippen LogP contribution is 2.47. The lowest BCUT2D eigenvalue weighted by molar-refractivity contribution is -0.141. The summed E-state index contributed by atoms with van der Waals surface area (Å²) in [6, 6.07) is 14.3. The quantitative estimate of drug-likeness (QED) is 0.178. The van der Waals surface area contributed by atoms with Gasteiger partial charge >= 0.3 is 6.03 Å². The molecular formula is C39H50N6O8S. The summed E-state index contributed by atoms with van der Waals surface area (Å²) >= 11 is 0. The molecule has 4 N–H and O–H groups in total. The van der Waals surface area contributed by atoms with E-state index in [-0.39, 0.29) is 31.2 Å². The number of hydrogen-bond acceptors (Lipinski definition) is 9. The largest absolute Gasteiger partial charge is 0.497 e. The molecule has 0 radical (unpaired) electrons. The summed E-state index contributed by atoms with van der Waals surface area (Å²) in [7, 11) is -2.29. The van der Waals surface area contributed by atoms with Crippen molar-refractivity contribution >= 4 is 44.7 Å². The Bertz CT molecular complexity index is 2010. The zero-order valence-electron chi connectivity index (χ0n) is 31.4. The van der Waals surface area contributed by atoms with Crippen molar-refractivity contribution in [2.75, 3.05) is 20.2 Å². The van der Waals surface area contributed by atoms with Gasteiger partial charge in [0.15, 0.2) is 0 Å². The maximum atomic E-state index is 14.4. The van der Waals surface area contributed by atoms with E-state index in [1.54, 1.807) is 27.0 Å². The van der Waals surface area contributed by atoms with Crippen LogP contribution in [0.25, 0.3) is 22.2 Å². The van der Waals surface area contributed by atoms with Crippen LogP contribution < -0.4 is 30.1 Å². The third-order valence-electron chi connectivity index (χ3n) is 10.5. The lowest BCUT2D eigenvalue weighted by Gasteiger charge is -2.31. The number of aromatic nitrogens is 1. The molecule has 5 atom stereocenters. The Kier molecular flexibility index (Phi) is 11.4. The van der Waals surface area contributed by atoms with Crippen LogP contribution in [0, 0.1) is 11.8 Å². The monoisotopic (exact) mass is 762 g/mol. The minimum atomic E-state index is -3.86. The zero-order chi connectivity index (χ0) is 38.8. The minimum Gasteiger partial charge on any atom is -0.497 e. The Morgan fingerprint density at radius 3 is 2.41 bits per heavy atom. The number of likely N-dealkylation sites (tertiary alicyclic amines) is 1. The predicted octanol–water partition coefficient (Wildman–Crippen LogP) is 3.89. The number of methoxy groups -OCH3 is 1. The van der Waals surface area contributed by atoms with Gasteiger partial charge in [-0.2, -0.15) is 0 Å². The molecule has 5 unspecified atom stereocenters. The molecule has 290 valence electrons. The highest BCUT2D eigenvalue weighted by atomic mass is 32.2. The first-order valence-electron chi connectivity index (χ1n) is 18.7. The van der Waals surface area contributed by atoms with Crippen LogP contribution in [-0.4, -0.2) is 91.2 Å². The fourth-order valence-corrected chi connectivity index (χ4v) is 8.49. The van der Waals surface area contributed by atoms with Crippen molar-refractivity contribution in [3.63, 3.8) is 0 Å². The van der Waals surface area contributed by atoms with Gasteiger partial charge in [-0.25, -0.2) is 18.2 Å². The van der Waals surface area contributed by atoms with Crippen LogP contribution in [0.4, 0.5) is 4.79 Å². The summed E-state index contributed by atoms with van der Waals surface area (Å²) in [5.74, 6) is -1.35. The second-order valence-corrected chi connectivity index (χ2v) is 16.8. The van der Waals surface area contributed by atoms with Crippen LogP contribution in [0.5, 0.6) is 11.5 Å². The third-order valence-corrected chi connectivity index (χ3v) is 12.3. The van der Waals surface area contributed by atoms with Crippen LogP contribution in [0.3, 0.4) is 0 Å². The van der Waals surface area contributed by atoms with Crippen molar-refractivity contribution in [2.24, 2.45) is 11.8 Å². The average Bonchev–Trinajstić information content (AvgIpc) is 4.09. The second kappa shape index (κ2) is 15.8. The molecule has 0 bridgehead atoms. The topological polar surface area (TPSA) is 185 Å². The van der Waals surface area contributed by atoms with Gasteiger partial charge in [0, 0.05) is 36.0 Å². The van der Waals surface area contributed by atoms with Gasteiger partial charge in [0.25, 0.3) is 5.91 Å². The van der Waals surface area contributed by atoms with Crippen LogP contribution >= 0.6 is 0 Å². The summed E-state index contributed by atoms with van der Waals surface area (Å²) in [6.45, 7) is 7.83. The molecule has 6 rings (SSSR count). The molecule has 0 spiro atoms. The number of urea groups is 1. The Morgan fingerprint density at radius 1 is 1.04 bits per heavy atom. The minimum absolute atomic E-state index is 0.00546. The van der Waals surface area contributed by atoms with E-state index >= 15 is 0 Å². The number of benzene rings is 2. The molecule has 2 saturated carbocycles. The number of sulfonamides is 1. The van der Waals surface area contributed by atoms with Crippen molar-refractivity contribution in [3.05, 3.63) is 54.6 Å². The third kappa shape index (κ3) is 8.25. The normalized spacial score (nSPS) is 22.7. The van der Waals surface area contributed by atoms with Crippen molar-refractivity contribution < 1.29 is 37.1 Å². The first-order valence-corrected chi connectivity index (χ1v) is 20.3. The van der Waals surface area contributed by atoms with E-state index < -0.39 is 62.8 Å². The van der Waals surface area contributed by atoms with Gasteiger partial charge in [0.1, 0.15) is 35.2 Å². The summed E-state index contributed by atoms with van der Waals surface area (Å²) in [5.41, 5.74) is 0.716. The van der Waals surface area contributed by atoms with Crippen molar-refractivity contribution in [3.8, 4) is 22.8 Å². The number of ether oxygens (including phenoxy) is 2.